The molecule has 0 heterocycles. The molecule has 2 aromatic rings. The first-order valence-corrected chi connectivity index (χ1v) is 9.47. The van der Waals surface area contributed by atoms with E-state index in [1.54, 1.807) is 28.4 Å². The Kier molecular flexibility index (Phi) is 8.83. The highest BCUT2D eigenvalue weighted by Crippen LogP contribution is 2.34. The second-order valence-electron chi connectivity index (χ2n) is 6.55. The van der Waals surface area contributed by atoms with E-state index in [9.17, 15) is 10.2 Å². The van der Waals surface area contributed by atoms with Crippen LogP contribution in [0.1, 0.15) is 29.9 Å². The predicted octanol–water partition coefficient (Wildman–Crippen LogP) is 3.65. The molecule has 0 saturated heterocycles. The van der Waals surface area contributed by atoms with Crippen LogP contribution in [0.5, 0.6) is 23.0 Å². The number of ether oxygens (including phenoxy) is 4. The van der Waals surface area contributed by atoms with E-state index in [2.05, 4.69) is 0 Å². The van der Waals surface area contributed by atoms with Crippen LogP contribution < -0.4 is 18.9 Å². The quantitative estimate of drug-likeness (QED) is 0.597. The highest BCUT2D eigenvalue weighted by molar-refractivity contribution is 5.56. The first kappa shape index (κ1) is 22.6. The Morgan fingerprint density at radius 1 is 0.828 bits per heavy atom. The Morgan fingerprint density at radius 3 is 2.00 bits per heavy atom. The highest BCUT2D eigenvalue weighted by Gasteiger charge is 2.21. The summed E-state index contributed by atoms with van der Waals surface area (Å²) in [6, 6.07) is 11.3. The Bertz CT molecular complexity index is 802. The summed E-state index contributed by atoms with van der Waals surface area (Å²) in [5.41, 5.74) is 1.88. The lowest BCUT2D eigenvalue weighted by atomic mass is 9.88. The van der Waals surface area contributed by atoms with Gasteiger partial charge in [0.15, 0.2) is 23.0 Å². The molecule has 2 rings (SSSR count). The fourth-order valence-electron chi connectivity index (χ4n) is 3.24. The van der Waals surface area contributed by atoms with Crippen molar-refractivity contribution in [3.05, 3.63) is 53.6 Å². The van der Waals surface area contributed by atoms with E-state index in [4.69, 9.17) is 18.9 Å². The largest absolute Gasteiger partial charge is 0.493 e. The topological polar surface area (TPSA) is 77.4 Å². The van der Waals surface area contributed by atoms with Gasteiger partial charge in [0.2, 0.25) is 0 Å². The third-order valence-electron chi connectivity index (χ3n) is 4.83. The summed E-state index contributed by atoms with van der Waals surface area (Å²) in [6.45, 7) is -0.0790. The molecule has 0 spiro atoms. The SMILES string of the molecule is COc1ccc(C=CC[C@@H](c2ccc(OC)c(OC)c2)[C@@H](O)CCO)cc1OC. The number of benzene rings is 2. The number of allylic oxidation sites excluding steroid dienone is 1. The Balaban J connectivity index is 2.24. The van der Waals surface area contributed by atoms with E-state index >= 15 is 0 Å². The van der Waals surface area contributed by atoms with Crippen LogP contribution in [0.4, 0.5) is 0 Å². The molecule has 158 valence electrons. The molecular weight excluding hydrogens is 372 g/mol. The van der Waals surface area contributed by atoms with Gasteiger partial charge in [0.1, 0.15) is 0 Å². The van der Waals surface area contributed by atoms with Crippen LogP contribution in [0.3, 0.4) is 0 Å². The van der Waals surface area contributed by atoms with Gasteiger partial charge in [-0.05, 0) is 48.2 Å². The Hall–Kier alpha value is -2.70. The number of aliphatic hydroxyl groups is 2. The molecule has 29 heavy (non-hydrogen) atoms. The third-order valence-corrected chi connectivity index (χ3v) is 4.83. The number of hydrogen-bond donors (Lipinski definition) is 2. The first-order valence-electron chi connectivity index (χ1n) is 9.47. The summed E-state index contributed by atoms with van der Waals surface area (Å²) >= 11 is 0. The average Bonchev–Trinajstić information content (AvgIpc) is 2.76. The number of aliphatic hydroxyl groups excluding tert-OH is 2. The first-order chi connectivity index (χ1) is 14.1. The predicted molar refractivity (Wildman–Crippen MR) is 113 cm³/mol. The number of methoxy groups -OCH3 is 4. The summed E-state index contributed by atoms with van der Waals surface area (Å²) in [5, 5.41) is 19.9. The summed E-state index contributed by atoms with van der Waals surface area (Å²) < 4.78 is 21.3. The van der Waals surface area contributed by atoms with Crippen LogP contribution in [0.25, 0.3) is 6.08 Å². The highest BCUT2D eigenvalue weighted by atomic mass is 16.5. The smallest absolute Gasteiger partial charge is 0.161 e. The lowest BCUT2D eigenvalue weighted by Crippen LogP contribution is -2.19. The monoisotopic (exact) mass is 402 g/mol. The second kappa shape index (κ2) is 11.3. The molecule has 0 aliphatic carbocycles. The van der Waals surface area contributed by atoms with Gasteiger partial charge in [-0.15, -0.1) is 0 Å². The number of hydrogen-bond acceptors (Lipinski definition) is 6. The lowest BCUT2D eigenvalue weighted by Gasteiger charge is -2.23. The van der Waals surface area contributed by atoms with Crippen LogP contribution in [-0.4, -0.2) is 51.4 Å². The van der Waals surface area contributed by atoms with Crippen molar-refractivity contribution in [3.63, 3.8) is 0 Å². The molecule has 0 fully saturated rings. The molecule has 2 atom stereocenters. The van der Waals surface area contributed by atoms with Gasteiger partial charge in [0.05, 0.1) is 34.5 Å². The molecule has 2 aromatic carbocycles. The molecule has 0 bridgehead atoms. The zero-order chi connectivity index (χ0) is 21.2. The van der Waals surface area contributed by atoms with Crippen LogP contribution in [0.2, 0.25) is 0 Å². The average molecular weight is 402 g/mol. The van der Waals surface area contributed by atoms with Crippen molar-refractivity contribution in [2.45, 2.75) is 24.9 Å². The summed E-state index contributed by atoms with van der Waals surface area (Å²) in [6.07, 6.45) is 4.17. The summed E-state index contributed by atoms with van der Waals surface area (Å²) in [5.74, 6) is 2.37. The maximum absolute atomic E-state index is 10.6. The van der Waals surface area contributed by atoms with E-state index in [1.165, 1.54) is 0 Å². The standard InChI is InChI=1S/C23H30O6/c1-26-20-10-8-16(14-22(20)28-3)6-5-7-18(19(25)12-13-24)17-9-11-21(27-2)23(15-17)29-4/h5-6,8-11,14-15,18-19,24-25H,7,12-13H2,1-4H3/t18-,19-/m0/s1. The van der Waals surface area contributed by atoms with Gasteiger partial charge in [-0.2, -0.15) is 0 Å². The van der Waals surface area contributed by atoms with Gasteiger partial charge in [-0.25, -0.2) is 0 Å². The van der Waals surface area contributed by atoms with Gasteiger partial charge in [-0.3, -0.25) is 0 Å². The molecule has 0 unspecified atom stereocenters. The summed E-state index contributed by atoms with van der Waals surface area (Å²) in [4.78, 5) is 0. The van der Waals surface area contributed by atoms with Crippen LogP contribution in [0.15, 0.2) is 42.5 Å². The second-order valence-corrected chi connectivity index (χ2v) is 6.55. The van der Waals surface area contributed by atoms with Crippen molar-refractivity contribution in [3.8, 4) is 23.0 Å². The van der Waals surface area contributed by atoms with E-state index in [0.29, 0.717) is 35.8 Å². The minimum absolute atomic E-state index is 0.0790. The fourth-order valence-corrected chi connectivity index (χ4v) is 3.24. The molecule has 6 nitrogen and oxygen atoms in total. The van der Waals surface area contributed by atoms with Crippen LogP contribution in [-0.2, 0) is 0 Å². The van der Waals surface area contributed by atoms with Crippen molar-refractivity contribution in [2.75, 3.05) is 35.0 Å². The van der Waals surface area contributed by atoms with Crippen molar-refractivity contribution < 1.29 is 29.2 Å². The van der Waals surface area contributed by atoms with Gasteiger partial charge in [-0.1, -0.05) is 24.3 Å². The minimum Gasteiger partial charge on any atom is -0.493 e. The maximum Gasteiger partial charge on any atom is 0.161 e. The molecule has 6 heteroatoms. The Morgan fingerprint density at radius 2 is 1.41 bits per heavy atom. The number of rotatable bonds is 11. The van der Waals surface area contributed by atoms with Crippen molar-refractivity contribution in [1.82, 2.24) is 0 Å². The molecule has 0 saturated carbocycles. The van der Waals surface area contributed by atoms with E-state index < -0.39 is 6.10 Å². The van der Waals surface area contributed by atoms with E-state index in [0.717, 1.165) is 11.1 Å². The molecule has 0 amide bonds. The Labute approximate surface area is 172 Å². The van der Waals surface area contributed by atoms with Gasteiger partial charge >= 0.3 is 0 Å². The lowest BCUT2D eigenvalue weighted by molar-refractivity contribution is 0.108. The zero-order valence-corrected chi connectivity index (χ0v) is 17.4. The zero-order valence-electron chi connectivity index (χ0n) is 17.4. The van der Waals surface area contributed by atoms with Gasteiger partial charge in [0.25, 0.3) is 0 Å². The van der Waals surface area contributed by atoms with Gasteiger partial charge < -0.3 is 29.2 Å². The molecule has 0 aliphatic rings. The maximum atomic E-state index is 10.6. The third kappa shape index (κ3) is 5.89. The van der Waals surface area contributed by atoms with Crippen LogP contribution in [0, 0.1) is 0 Å². The molecule has 0 radical (unpaired) electrons. The normalized spacial score (nSPS) is 13.2. The van der Waals surface area contributed by atoms with E-state index in [1.807, 2.05) is 48.6 Å². The van der Waals surface area contributed by atoms with Crippen molar-refractivity contribution in [1.29, 1.82) is 0 Å². The van der Waals surface area contributed by atoms with Crippen molar-refractivity contribution >= 4 is 6.08 Å². The van der Waals surface area contributed by atoms with E-state index in [-0.39, 0.29) is 12.5 Å². The van der Waals surface area contributed by atoms with Gasteiger partial charge in [0, 0.05) is 12.5 Å². The molecule has 0 aromatic heterocycles. The summed E-state index contributed by atoms with van der Waals surface area (Å²) in [7, 11) is 6.37. The molecule has 2 N–H and O–H groups in total. The fraction of sp³-hybridized carbons (Fsp3) is 0.391. The minimum atomic E-state index is -0.687. The molecule has 0 aliphatic heterocycles. The molecular formula is C23H30O6. The van der Waals surface area contributed by atoms with Crippen LogP contribution >= 0.6 is 0 Å². The van der Waals surface area contributed by atoms with Crippen molar-refractivity contribution in [2.24, 2.45) is 0 Å².